The monoisotopic (exact) mass is 303 g/mol. The van der Waals surface area contributed by atoms with Crippen LogP contribution in [0.4, 0.5) is 0 Å². The smallest absolute Gasteiger partial charge is 0.377 e. The van der Waals surface area contributed by atoms with Crippen molar-refractivity contribution in [3.63, 3.8) is 0 Å². The van der Waals surface area contributed by atoms with Crippen molar-refractivity contribution in [2.24, 2.45) is 0 Å². The first kappa shape index (κ1) is 17.6. The van der Waals surface area contributed by atoms with Crippen LogP contribution in [0.2, 0.25) is 6.04 Å². The highest BCUT2D eigenvalue weighted by molar-refractivity contribution is 6.60. The predicted molar refractivity (Wildman–Crippen MR) is 74.1 cm³/mol. The highest BCUT2D eigenvalue weighted by atomic mass is 35.5. The van der Waals surface area contributed by atoms with Crippen LogP contribution in [0.1, 0.15) is 6.42 Å². The fourth-order valence-electron chi connectivity index (χ4n) is 1.65. The number of hydrogen-bond acceptors (Lipinski definition) is 4. The molecule has 0 amide bonds. The first-order chi connectivity index (χ1) is 8.17. The van der Waals surface area contributed by atoms with Gasteiger partial charge in [0.15, 0.2) is 0 Å². The normalized spacial score (nSPS) is 12.4. The number of nitrogens with zero attached hydrogens (tertiary/aromatic N) is 1. The largest absolute Gasteiger partial charge is 0.500 e. The quantitative estimate of drug-likeness (QED) is 0.432. The SMILES string of the molecule is CO[Si](CCCN(CCCl)CCCl)(OC)OC. The van der Waals surface area contributed by atoms with Gasteiger partial charge in [-0.3, -0.25) is 0 Å². The zero-order chi connectivity index (χ0) is 13.1. The van der Waals surface area contributed by atoms with Gasteiger partial charge in [-0.25, -0.2) is 0 Å². The van der Waals surface area contributed by atoms with E-state index in [0.29, 0.717) is 11.8 Å². The van der Waals surface area contributed by atoms with Gasteiger partial charge in [0, 0.05) is 52.2 Å². The number of halogens is 2. The van der Waals surface area contributed by atoms with E-state index in [0.717, 1.165) is 32.1 Å². The summed E-state index contributed by atoms with van der Waals surface area (Å²) in [6.07, 6.45) is 0.954. The Morgan fingerprint density at radius 1 is 0.882 bits per heavy atom. The van der Waals surface area contributed by atoms with Crippen molar-refractivity contribution < 1.29 is 13.3 Å². The molecule has 0 saturated carbocycles. The minimum absolute atomic E-state index is 0.623. The molecule has 0 aliphatic heterocycles. The van der Waals surface area contributed by atoms with E-state index < -0.39 is 8.80 Å². The van der Waals surface area contributed by atoms with Crippen LogP contribution < -0.4 is 0 Å². The highest BCUT2D eigenvalue weighted by Gasteiger charge is 2.36. The maximum absolute atomic E-state index is 5.73. The van der Waals surface area contributed by atoms with E-state index in [1.165, 1.54) is 0 Å². The van der Waals surface area contributed by atoms with Crippen LogP contribution in [-0.2, 0) is 13.3 Å². The third kappa shape index (κ3) is 6.96. The van der Waals surface area contributed by atoms with Gasteiger partial charge in [-0.15, -0.1) is 23.2 Å². The topological polar surface area (TPSA) is 30.9 Å². The molecule has 0 spiro atoms. The van der Waals surface area contributed by atoms with Gasteiger partial charge in [-0.05, 0) is 13.0 Å². The average molecular weight is 304 g/mol. The molecular formula is C10H23Cl2NO3Si. The van der Waals surface area contributed by atoms with E-state index in [9.17, 15) is 0 Å². The van der Waals surface area contributed by atoms with Gasteiger partial charge < -0.3 is 18.2 Å². The van der Waals surface area contributed by atoms with E-state index in [1.807, 2.05) is 0 Å². The Balaban J connectivity index is 3.99. The first-order valence-electron chi connectivity index (χ1n) is 5.67. The van der Waals surface area contributed by atoms with Gasteiger partial charge in [0.2, 0.25) is 0 Å². The molecule has 0 aliphatic rings. The van der Waals surface area contributed by atoms with E-state index in [2.05, 4.69) is 4.90 Å². The highest BCUT2D eigenvalue weighted by Crippen LogP contribution is 2.15. The average Bonchev–Trinajstić information content (AvgIpc) is 2.36. The Morgan fingerprint density at radius 3 is 1.71 bits per heavy atom. The van der Waals surface area contributed by atoms with Gasteiger partial charge >= 0.3 is 8.80 Å². The second kappa shape index (κ2) is 10.5. The summed E-state index contributed by atoms with van der Waals surface area (Å²) >= 11 is 11.5. The van der Waals surface area contributed by atoms with Crippen LogP contribution in [0, 0.1) is 0 Å². The van der Waals surface area contributed by atoms with E-state index in [4.69, 9.17) is 36.5 Å². The fraction of sp³-hybridized carbons (Fsp3) is 1.00. The summed E-state index contributed by atoms with van der Waals surface area (Å²) in [7, 11) is 2.48. The molecule has 104 valence electrons. The summed E-state index contributed by atoms with van der Waals surface area (Å²) in [4.78, 5) is 2.24. The van der Waals surface area contributed by atoms with Crippen molar-refractivity contribution in [1.82, 2.24) is 4.90 Å². The van der Waals surface area contributed by atoms with Gasteiger partial charge in [0.05, 0.1) is 0 Å². The molecule has 0 N–H and O–H groups in total. The van der Waals surface area contributed by atoms with Crippen molar-refractivity contribution in [2.75, 3.05) is 52.7 Å². The molecule has 4 nitrogen and oxygen atoms in total. The lowest BCUT2D eigenvalue weighted by molar-refractivity contribution is 0.121. The van der Waals surface area contributed by atoms with Crippen molar-refractivity contribution >= 4 is 32.0 Å². The minimum Gasteiger partial charge on any atom is -0.377 e. The van der Waals surface area contributed by atoms with E-state index in [1.54, 1.807) is 21.3 Å². The Morgan fingerprint density at radius 2 is 1.35 bits per heavy atom. The minimum atomic E-state index is -2.42. The summed E-state index contributed by atoms with van der Waals surface area (Å²) in [6.45, 7) is 2.65. The van der Waals surface area contributed by atoms with Crippen LogP contribution in [-0.4, -0.2) is 66.4 Å². The van der Waals surface area contributed by atoms with Crippen LogP contribution in [0.3, 0.4) is 0 Å². The number of rotatable bonds is 11. The molecule has 0 aromatic rings. The lowest BCUT2D eigenvalue weighted by Crippen LogP contribution is -2.43. The van der Waals surface area contributed by atoms with Gasteiger partial charge in [0.1, 0.15) is 0 Å². The maximum Gasteiger partial charge on any atom is 0.500 e. The lowest BCUT2D eigenvalue weighted by atomic mass is 10.4. The lowest BCUT2D eigenvalue weighted by Gasteiger charge is -2.26. The van der Waals surface area contributed by atoms with Crippen LogP contribution in [0.5, 0.6) is 0 Å². The predicted octanol–water partition coefficient (Wildman–Crippen LogP) is 2.03. The molecule has 0 saturated heterocycles. The third-order valence-electron chi connectivity index (χ3n) is 2.69. The van der Waals surface area contributed by atoms with Gasteiger partial charge in [-0.2, -0.15) is 0 Å². The second-order valence-electron chi connectivity index (χ2n) is 3.62. The van der Waals surface area contributed by atoms with E-state index in [-0.39, 0.29) is 0 Å². The maximum atomic E-state index is 5.73. The Kier molecular flexibility index (Phi) is 10.9. The summed E-state index contributed by atoms with van der Waals surface area (Å²) < 4.78 is 16.1. The molecule has 0 fully saturated rings. The van der Waals surface area contributed by atoms with Gasteiger partial charge in [-0.1, -0.05) is 0 Å². The Bertz CT molecular complexity index is 171. The Labute approximate surface area is 115 Å². The van der Waals surface area contributed by atoms with Crippen LogP contribution >= 0.6 is 23.2 Å². The van der Waals surface area contributed by atoms with Crippen LogP contribution in [0.25, 0.3) is 0 Å². The van der Waals surface area contributed by atoms with Gasteiger partial charge in [0.25, 0.3) is 0 Å². The summed E-state index contributed by atoms with van der Waals surface area (Å²) in [5.74, 6) is 1.25. The molecule has 0 aliphatic carbocycles. The second-order valence-corrected chi connectivity index (χ2v) is 7.47. The summed E-state index contributed by atoms with van der Waals surface area (Å²) in [5.41, 5.74) is 0. The van der Waals surface area contributed by atoms with Crippen molar-refractivity contribution in [2.45, 2.75) is 12.5 Å². The Hall–Kier alpha value is 0.637. The van der Waals surface area contributed by atoms with Crippen LogP contribution in [0.15, 0.2) is 0 Å². The van der Waals surface area contributed by atoms with Crippen molar-refractivity contribution in [1.29, 1.82) is 0 Å². The number of alkyl halides is 2. The molecular weight excluding hydrogens is 281 g/mol. The first-order valence-corrected chi connectivity index (χ1v) is 8.67. The molecule has 7 heteroatoms. The summed E-state index contributed by atoms with van der Waals surface area (Å²) in [5, 5.41) is 0. The molecule has 0 aromatic heterocycles. The van der Waals surface area contributed by atoms with Crippen molar-refractivity contribution in [3.8, 4) is 0 Å². The van der Waals surface area contributed by atoms with Crippen molar-refractivity contribution in [3.05, 3.63) is 0 Å². The zero-order valence-corrected chi connectivity index (χ0v) is 13.4. The molecule has 17 heavy (non-hydrogen) atoms. The third-order valence-corrected chi connectivity index (χ3v) is 5.86. The molecule has 0 atom stereocenters. The molecule has 0 aromatic carbocycles. The molecule has 0 unspecified atom stereocenters. The number of hydrogen-bond donors (Lipinski definition) is 0. The molecule has 0 bridgehead atoms. The fourth-order valence-corrected chi connectivity index (χ4v) is 3.83. The molecule has 0 heterocycles. The zero-order valence-electron chi connectivity index (χ0n) is 10.9. The standard InChI is InChI=1S/C10H23Cl2NO3Si/c1-14-17(15-2,16-3)10-4-7-13(8-5-11)9-6-12/h4-10H2,1-3H3. The molecule has 0 radical (unpaired) electrons. The molecule has 0 rings (SSSR count). The summed E-state index contributed by atoms with van der Waals surface area (Å²) in [6, 6.07) is 0.803. The van der Waals surface area contributed by atoms with E-state index >= 15 is 0 Å².